The molecule has 1 unspecified atom stereocenters. The molecular formula is C12H20Cl2N2O2. The molecule has 0 aromatic carbocycles. The van der Waals surface area contributed by atoms with Crippen LogP contribution in [0.25, 0.3) is 0 Å². The third kappa shape index (κ3) is 2.77. The molecule has 2 rings (SSSR count). The van der Waals surface area contributed by atoms with E-state index in [-0.39, 0.29) is 5.91 Å². The highest BCUT2D eigenvalue weighted by molar-refractivity contribution is 6.53. The molecule has 1 aliphatic heterocycles. The van der Waals surface area contributed by atoms with E-state index in [9.17, 15) is 4.79 Å². The van der Waals surface area contributed by atoms with Crippen molar-refractivity contribution in [2.75, 3.05) is 46.4 Å². The summed E-state index contributed by atoms with van der Waals surface area (Å²) in [6, 6.07) is 0. The second-order valence-corrected chi connectivity index (χ2v) is 6.88. The number of morpholine rings is 1. The number of amides is 1. The lowest BCUT2D eigenvalue weighted by Gasteiger charge is -2.29. The molecule has 1 saturated carbocycles. The molecule has 4 nitrogen and oxygen atoms in total. The van der Waals surface area contributed by atoms with Crippen LogP contribution in [-0.4, -0.2) is 66.5 Å². The van der Waals surface area contributed by atoms with E-state index in [0.717, 1.165) is 32.8 Å². The summed E-state index contributed by atoms with van der Waals surface area (Å²) in [6.07, 6.45) is 0.545. The monoisotopic (exact) mass is 294 g/mol. The van der Waals surface area contributed by atoms with Crippen LogP contribution in [0.5, 0.6) is 0 Å². The number of carbonyl (C=O) groups is 1. The second kappa shape index (κ2) is 5.16. The van der Waals surface area contributed by atoms with Gasteiger partial charge in [0, 0.05) is 33.2 Å². The molecule has 0 radical (unpaired) electrons. The molecule has 1 heterocycles. The number of hydrogen-bond donors (Lipinski definition) is 0. The topological polar surface area (TPSA) is 32.8 Å². The SMILES string of the molecule is CN(CCN1CCOCC1)C(=O)C1(C)CC1(Cl)Cl. The zero-order chi connectivity index (χ0) is 13.4. The van der Waals surface area contributed by atoms with E-state index in [1.807, 2.05) is 14.0 Å². The number of rotatable bonds is 4. The van der Waals surface area contributed by atoms with Gasteiger partial charge in [-0.25, -0.2) is 0 Å². The fourth-order valence-corrected chi connectivity index (χ4v) is 2.97. The van der Waals surface area contributed by atoms with E-state index in [4.69, 9.17) is 27.9 Å². The lowest BCUT2D eigenvalue weighted by atomic mass is 10.1. The van der Waals surface area contributed by atoms with Crippen molar-refractivity contribution in [2.45, 2.75) is 17.7 Å². The van der Waals surface area contributed by atoms with Gasteiger partial charge in [-0.1, -0.05) is 0 Å². The van der Waals surface area contributed by atoms with Gasteiger partial charge in [-0.15, -0.1) is 23.2 Å². The van der Waals surface area contributed by atoms with Crippen LogP contribution < -0.4 is 0 Å². The van der Waals surface area contributed by atoms with Crippen molar-refractivity contribution in [1.29, 1.82) is 0 Å². The summed E-state index contributed by atoms with van der Waals surface area (Å²) < 4.78 is 4.41. The summed E-state index contributed by atoms with van der Waals surface area (Å²) >= 11 is 12.1. The van der Waals surface area contributed by atoms with Crippen molar-refractivity contribution in [3.8, 4) is 0 Å². The van der Waals surface area contributed by atoms with Crippen molar-refractivity contribution >= 4 is 29.1 Å². The first-order valence-electron chi connectivity index (χ1n) is 6.30. The quantitative estimate of drug-likeness (QED) is 0.734. The van der Waals surface area contributed by atoms with E-state index >= 15 is 0 Å². The molecule has 0 aromatic heterocycles. The summed E-state index contributed by atoms with van der Waals surface area (Å²) in [6.45, 7) is 6.85. The molecule has 6 heteroatoms. The zero-order valence-corrected chi connectivity index (χ0v) is 12.4. The number of ether oxygens (including phenoxy) is 1. The molecule has 2 fully saturated rings. The van der Waals surface area contributed by atoms with E-state index in [1.54, 1.807) is 4.90 Å². The minimum absolute atomic E-state index is 0.0424. The Morgan fingerprint density at radius 3 is 2.44 bits per heavy atom. The molecule has 1 aliphatic carbocycles. The van der Waals surface area contributed by atoms with Gasteiger partial charge in [-0.3, -0.25) is 9.69 Å². The molecule has 0 spiro atoms. The number of nitrogens with zero attached hydrogens (tertiary/aromatic N) is 2. The first kappa shape index (κ1) is 14.4. The summed E-state index contributed by atoms with van der Waals surface area (Å²) in [4.78, 5) is 16.3. The molecule has 0 bridgehead atoms. The maximum absolute atomic E-state index is 12.2. The third-order valence-corrected chi connectivity index (χ3v) is 5.03. The van der Waals surface area contributed by atoms with Gasteiger partial charge in [0.2, 0.25) is 5.91 Å². The first-order valence-corrected chi connectivity index (χ1v) is 7.06. The Kier molecular flexibility index (Phi) is 4.12. The fourth-order valence-electron chi connectivity index (χ4n) is 2.27. The largest absolute Gasteiger partial charge is 0.379 e. The maximum Gasteiger partial charge on any atom is 0.231 e. The lowest BCUT2D eigenvalue weighted by molar-refractivity contribution is -0.135. The van der Waals surface area contributed by atoms with Crippen LogP contribution in [0.3, 0.4) is 0 Å². The van der Waals surface area contributed by atoms with E-state index < -0.39 is 9.75 Å². The smallest absolute Gasteiger partial charge is 0.231 e. The Hall–Kier alpha value is -0.0300. The Balaban J connectivity index is 1.78. The number of carbonyl (C=O) groups excluding carboxylic acids is 1. The van der Waals surface area contributed by atoms with Crippen LogP contribution in [0, 0.1) is 5.41 Å². The molecule has 1 amide bonds. The molecular weight excluding hydrogens is 275 g/mol. The van der Waals surface area contributed by atoms with Gasteiger partial charge in [0.25, 0.3) is 0 Å². The summed E-state index contributed by atoms with van der Waals surface area (Å²) in [7, 11) is 1.82. The predicted octanol–water partition coefficient (Wildman–Crippen LogP) is 1.36. The van der Waals surface area contributed by atoms with Crippen LogP contribution in [0.4, 0.5) is 0 Å². The van der Waals surface area contributed by atoms with Gasteiger partial charge in [0.15, 0.2) is 0 Å². The number of halogens is 2. The highest BCUT2D eigenvalue weighted by Gasteiger charge is 2.68. The normalized spacial score (nSPS) is 31.1. The van der Waals surface area contributed by atoms with Gasteiger partial charge in [-0.2, -0.15) is 0 Å². The van der Waals surface area contributed by atoms with E-state index in [2.05, 4.69) is 4.90 Å². The average Bonchev–Trinajstić information content (AvgIpc) is 2.87. The second-order valence-electron chi connectivity index (χ2n) is 5.39. The average molecular weight is 295 g/mol. The molecule has 0 aromatic rings. The van der Waals surface area contributed by atoms with Crippen molar-refractivity contribution in [3.05, 3.63) is 0 Å². The Morgan fingerprint density at radius 2 is 1.94 bits per heavy atom. The Bertz CT molecular complexity index is 332. The fraction of sp³-hybridized carbons (Fsp3) is 0.917. The summed E-state index contributed by atoms with van der Waals surface area (Å²) in [5.74, 6) is 0.0424. The van der Waals surface area contributed by atoms with Gasteiger partial charge in [0.05, 0.1) is 18.6 Å². The zero-order valence-electron chi connectivity index (χ0n) is 10.9. The van der Waals surface area contributed by atoms with Crippen molar-refractivity contribution in [1.82, 2.24) is 9.80 Å². The Labute approximate surface area is 118 Å². The van der Waals surface area contributed by atoms with Gasteiger partial charge in [-0.05, 0) is 13.3 Å². The third-order valence-electron chi connectivity index (χ3n) is 3.93. The van der Waals surface area contributed by atoms with Gasteiger partial charge < -0.3 is 9.64 Å². The van der Waals surface area contributed by atoms with Crippen LogP contribution >= 0.6 is 23.2 Å². The lowest BCUT2D eigenvalue weighted by Crippen LogP contribution is -2.43. The predicted molar refractivity (Wildman–Crippen MR) is 72.1 cm³/mol. The molecule has 1 atom stereocenters. The minimum Gasteiger partial charge on any atom is -0.379 e. The van der Waals surface area contributed by atoms with Crippen molar-refractivity contribution < 1.29 is 9.53 Å². The molecule has 2 aliphatic rings. The molecule has 18 heavy (non-hydrogen) atoms. The van der Waals surface area contributed by atoms with Crippen LogP contribution in [0.1, 0.15) is 13.3 Å². The summed E-state index contributed by atoms with van der Waals surface area (Å²) in [5.41, 5.74) is -0.601. The highest BCUT2D eigenvalue weighted by atomic mass is 35.5. The Morgan fingerprint density at radius 1 is 1.39 bits per heavy atom. The van der Waals surface area contributed by atoms with Gasteiger partial charge >= 0.3 is 0 Å². The first-order chi connectivity index (χ1) is 8.37. The van der Waals surface area contributed by atoms with Gasteiger partial charge in [0.1, 0.15) is 4.33 Å². The van der Waals surface area contributed by atoms with Crippen molar-refractivity contribution in [2.24, 2.45) is 5.41 Å². The van der Waals surface area contributed by atoms with E-state index in [0.29, 0.717) is 13.0 Å². The molecule has 0 N–H and O–H groups in total. The number of hydrogen-bond acceptors (Lipinski definition) is 3. The van der Waals surface area contributed by atoms with Crippen molar-refractivity contribution in [3.63, 3.8) is 0 Å². The van der Waals surface area contributed by atoms with E-state index in [1.165, 1.54) is 0 Å². The molecule has 1 saturated heterocycles. The number of alkyl halides is 2. The highest BCUT2D eigenvalue weighted by Crippen LogP contribution is 2.64. The van der Waals surface area contributed by atoms with Crippen LogP contribution in [-0.2, 0) is 9.53 Å². The minimum atomic E-state index is -0.878. The van der Waals surface area contributed by atoms with Crippen LogP contribution in [0.2, 0.25) is 0 Å². The van der Waals surface area contributed by atoms with Crippen LogP contribution in [0.15, 0.2) is 0 Å². The molecule has 104 valence electrons. The number of likely N-dealkylation sites (N-methyl/N-ethyl adjacent to an activating group) is 1. The standard InChI is InChI=1S/C12H20Cl2N2O2/c1-11(9-12(11,13)14)10(17)15(2)3-4-16-5-7-18-8-6-16/h3-9H2,1-2H3. The maximum atomic E-state index is 12.2. The summed E-state index contributed by atoms with van der Waals surface area (Å²) in [5, 5.41) is 0.